The van der Waals surface area contributed by atoms with Crippen LogP contribution in [0.3, 0.4) is 0 Å². The fraction of sp³-hybridized carbons (Fsp3) is 0.889. The molecule has 2 saturated heterocycles. The summed E-state index contributed by atoms with van der Waals surface area (Å²) in [6.07, 6.45) is 1.56. The Kier molecular flexibility index (Phi) is 1.49. The molecule has 0 aromatic heterocycles. The van der Waals surface area contributed by atoms with Crippen molar-refractivity contribution in [2.75, 3.05) is 6.54 Å². The van der Waals surface area contributed by atoms with Gasteiger partial charge in [0.05, 0.1) is 0 Å². The van der Waals surface area contributed by atoms with Crippen molar-refractivity contribution in [1.29, 1.82) is 0 Å². The third-order valence-corrected chi connectivity index (χ3v) is 3.34. The van der Waals surface area contributed by atoms with Gasteiger partial charge < -0.3 is 10.0 Å². The Morgan fingerprint density at radius 1 is 1.58 bits per heavy atom. The number of amides is 1. The normalized spacial score (nSPS) is 46.9. The Morgan fingerprint density at radius 2 is 2.25 bits per heavy atom. The molecule has 0 unspecified atom stereocenters. The van der Waals surface area contributed by atoms with E-state index in [-0.39, 0.29) is 17.7 Å². The maximum atomic E-state index is 11.5. The zero-order chi connectivity index (χ0) is 8.93. The molecule has 2 aliphatic rings. The number of carbonyl (C=O) groups is 1. The van der Waals surface area contributed by atoms with Crippen molar-refractivity contribution in [3.8, 4) is 0 Å². The van der Waals surface area contributed by atoms with Gasteiger partial charge in [0.2, 0.25) is 5.91 Å². The van der Waals surface area contributed by atoms with E-state index in [1.54, 1.807) is 4.90 Å². The highest BCUT2D eigenvalue weighted by Gasteiger charge is 2.54. The first-order valence-corrected chi connectivity index (χ1v) is 4.59. The molecule has 1 amide bonds. The second-order valence-electron chi connectivity index (χ2n) is 4.16. The number of rotatable bonds is 0. The molecule has 0 aromatic carbocycles. The van der Waals surface area contributed by atoms with Gasteiger partial charge in [-0.3, -0.25) is 4.79 Å². The molecule has 0 aliphatic carbocycles. The lowest BCUT2D eigenvalue weighted by Gasteiger charge is -2.29. The largest absolute Gasteiger partial charge is 0.370 e. The second-order valence-corrected chi connectivity index (χ2v) is 4.16. The fourth-order valence-electron chi connectivity index (χ4n) is 2.43. The summed E-state index contributed by atoms with van der Waals surface area (Å²) in [5.41, 5.74) is -0.809. The Hall–Kier alpha value is -0.570. The van der Waals surface area contributed by atoms with E-state index in [2.05, 4.69) is 0 Å². The molecule has 0 bridgehead atoms. The third kappa shape index (κ3) is 0.774. The van der Waals surface area contributed by atoms with Gasteiger partial charge in [-0.2, -0.15) is 0 Å². The highest BCUT2D eigenvalue weighted by Crippen LogP contribution is 2.43. The lowest BCUT2D eigenvalue weighted by molar-refractivity contribution is -0.143. The highest BCUT2D eigenvalue weighted by molar-refractivity contribution is 5.82. The number of carbonyl (C=O) groups excluding carboxylic acids is 1. The quantitative estimate of drug-likeness (QED) is 0.576. The summed E-state index contributed by atoms with van der Waals surface area (Å²) >= 11 is 0. The molecule has 0 radical (unpaired) electrons. The molecule has 0 spiro atoms. The molecule has 0 aromatic rings. The van der Waals surface area contributed by atoms with Crippen molar-refractivity contribution >= 4 is 5.91 Å². The fourth-order valence-corrected chi connectivity index (χ4v) is 2.43. The van der Waals surface area contributed by atoms with Crippen LogP contribution in [0.1, 0.15) is 26.7 Å². The first kappa shape index (κ1) is 8.05. The van der Waals surface area contributed by atoms with Gasteiger partial charge in [0, 0.05) is 24.8 Å². The van der Waals surface area contributed by atoms with Crippen LogP contribution in [0.25, 0.3) is 0 Å². The molecule has 3 heteroatoms. The Labute approximate surface area is 72.4 Å². The summed E-state index contributed by atoms with van der Waals surface area (Å²) in [7, 11) is 0. The molecule has 12 heavy (non-hydrogen) atoms. The molecule has 0 saturated carbocycles. The van der Waals surface area contributed by atoms with Gasteiger partial charge >= 0.3 is 0 Å². The number of hydrogen-bond acceptors (Lipinski definition) is 2. The van der Waals surface area contributed by atoms with Crippen LogP contribution >= 0.6 is 0 Å². The van der Waals surface area contributed by atoms with Crippen LogP contribution in [0.2, 0.25) is 0 Å². The van der Waals surface area contributed by atoms with Crippen molar-refractivity contribution in [3.05, 3.63) is 0 Å². The summed E-state index contributed by atoms with van der Waals surface area (Å²) in [5, 5.41) is 10.1. The molecule has 2 aliphatic heterocycles. The third-order valence-electron chi connectivity index (χ3n) is 3.34. The monoisotopic (exact) mass is 169 g/mol. The van der Waals surface area contributed by atoms with Crippen molar-refractivity contribution in [3.63, 3.8) is 0 Å². The lowest BCUT2D eigenvalue weighted by atomic mass is 9.93. The van der Waals surface area contributed by atoms with Gasteiger partial charge in [-0.05, 0) is 6.42 Å². The van der Waals surface area contributed by atoms with E-state index < -0.39 is 5.72 Å². The van der Waals surface area contributed by atoms with Gasteiger partial charge in [-0.1, -0.05) is 13.8 Å². The maximum Gasteiger partial charge on any atom is 0.227 e. The van der Waals surface area contributed by atoms with E-state index >= 15 is 0 Å². The number of hydrogen-bond donors (Lipinski definition) is 1. The SMILES string of the molecule is C[C@@H]1C[C@]2(O)[C@@H](C)CCN2C1=O. The number of aliphatic hydroxyl groups is 1. The predicted octanol–water partition coefficient (Wildman–Crippen LogP) is 0.583. The first-order chi connectivity index (χ1) is 5.55. The molecule has 68 valence electrons. The average molecular weight is 169 g/mol. The second kappa shape index (κ2) is 2.22. The Balaban J connectivity index is 2.31. The van der Waals surface area contributed by atoms with Crippen LogP contribution in [0, 0.1) is 11.8 Å². The van der Waals surface area contributed by atoms with Crippen molar-refractivity contribution < 1.29 is 9.90 Å². The zero-order valence-corrected chi connectivity index (χ0v) is 7.58. The van der Waals surface area contributed by atoms with E-state index in [1.165, 1.54) is 0 Å². The smallest absolute Gasteiger partial charge is 0.227 e. The van der Waals surface area contributed by atoms with Crippen LogP contribution in [0.4, 0.5) is 0 Å². The van der Waals surface area contributed by atoms with E-state index in [9.17, 15) is 9.90 Å². The summed E-state index contributed by atoms with van der Waals surface area (Å²) < 4.78 is 0. The van der Waals surface area contributed by atoms with Gasteiger partial charge in [-0.25, -0.2) is 0 Å². The molecular formula is C9H15NO2. The molecule has 1 N–H and O–H groups in total. The standard InChI is InChI=1S/C9H15NO2/c1-6-5-9(12)7(2)3-4-10(9)8(6)11/h6-7,12H,3-5H2,1-2H3/t6-,7+,9+/m1/s1. The van der Waals surface area contributed by atoms with Gasteiger partial charge in [-0.15, -0.1) is 0 Å². The minimum atomic E-state index is -0.809. The predicted molar refractivity (Wildman–Crippen MR) is 44.2 cm³/mol. The van der Waals surface area contributed by atoms with Crippen molar-refractivity contribution in [2.45, 2.75) is 32.4 Å². The van der Waals surface area contributed by atoms with Crippen LogP contribution in [0.5, 0.6) is 0 Å². The van der Waals surface area contributed by atoms with E-state index in [1.807, 2.05) is 13.8 Å². The van der Waals surface area contributed by atoms with Crippen molar-refractivity contribution in [2.24, 2.45) is 11.8 Å². The van der Waals surface area contributed by atoms with E-state index in [4.69, 9.17) is 0 Å². The van der Waals surface area contributed by atoms with Gasteiger partial charge in [0.25, 0.3) is 0 Å². The molecular weight excluding hydrogens is 154 g/mol. The topological polar surface area (TPSA) is 40.5 Å². The maximum absolute atomic E-state index is 11.5. The summed E-state index contributed by atoms with van der Waals surface area (Å²) in [6.45, 7) is 4.65. The molecule has 2 rings (SSSR count). The molecule has 3 nitrogen and oxygen atoms in total. The first-order valence-electron chi connectivity index (χ1n) is 4.59. The minimum absolute atomic E-state index is 0.0118. The highest BCUT2D eigenvalue weighted by atomic mass is 16.3. The molecule has 2 heterocycles. The summed E-state index contributed by atoms with van der Waals surface area (Å²) in [5.74, 6) is 0.381. The lowest BCUT2D eigenvalue weighted by Crippen LogP contribution is -2.43. The van der Waals surface area contributed by atoms with Gasteiger partial charge in [0.15, 0.2) is 0 Å². The van der Waals surface area contributed by atoms with Crippen LogP contribution in [-0.4, -0.2) is 28.2 Å². The van der Waals surface area contributed by atoms with E-state index in [0.29, 0.717) is 6.42 Å². The van der Waals surface area contributed by atoms with Crippen LogP contribution in [0.15, 0.2) is 0 Å². The van der Waals surface area contributed by atoms with Gasteiger partial charge in [0.1, 0.15) is 5.72 Å². The summed E-state index contributed by atoms with van der Waals surface area (Å²) in [6, 6.07) is 0. The minimum Gasteiger partial charge on any atom is -0.370 e. The van der Waals surface area contributed by atoms with Crippen LogP contribution < -0.4 is 0 Å². The zero-order valence-electron chi connectivity index (χ0n) is 7.58. The molecule has 2 fully saturated rings. The van der Waals surface area contributed by atoms with Crippen LogP contribution in [-0.2, 0) is 4.79 Å². The average Bonchev–Trinajstić information content (AvgIpc) is 2.38. The van der Waals surface area contributed by atoms with E-state index in [0.717, 1.165) is 13.0 Å². The number of nitrogens with zero attached hydrogens (tertiary/aromatic N) is 1. The number of fused-ring (bicyclic) bond motifs is 1. The molecule has 3 atom stereocenters. The summed E-state index contributed by atoms with van der Waals surface area (Å²) in [4.78, 5) is 13.2. The Bertz CT molecular complexity index is 229. The Morgan fingerprint density at radius 3 is 2.83 bits per heavy atom. The van der Waals surface area contributed by atoms with Crippen molar-refractivity contribution in [1.82, 2.24) is 4.90 Å².